The number of benzene rings is 1. The highest BCUT2D eigenvalue weighted by Gasteiger charge is 2.39. The number of aryl methyl sites for hydroxylation is 1. The number of hydrogen-bond donors (Lipinski definition) is 2. The molecule has 0 atom stereocenters. The van der Waals surface area contributed by atoms with E-state index in [0.29, 0.717) is 13.2 Å². The molecule has 1 saturated heterocycles. The van der Waals surface area contributed by atoms with Crippen LogP contribution in [0.15, 0.2) is 24.3 Å². The second kappa shape index (κ2) is 7.97. The fourth-order valence-electron chi connectivity index (χ4n) is 3.76. The van der Waals surface area contributed by atoms with Crippen LogP contribution < -0.4 is 10.6 Å². The average molecular weight is 344 g/mol. The monoisotopic (exact) mass is 344 g/mol. The molecule has 0 unspecified atom stereocenters. The van der Waals surface area contributed by atoms with E-state index in [0.717, 1.165) is 55.8 Å². The van der Waals surface area contributed by atoms with E-state index >= 15 is 0 Å². The first-order valence-corrected chi connectivity index (χ1v) is 9.12. The topological polar surface area (TPSA) is 68.2 Å². The van der Waals surface area contributed by atoms with Crippen LogP contribution in [-0.4, -0.2) is 48.8 Å². The molecule has 1 aliphatic heterocycles. The van der Waals surface area contributed by atoms with Gasteiger partial charge in [0.05, 0.1) is 23.1 Å². The molecular formula is C19H28N4O2. The summed E-state index contributed by atoms with van der Waals surface area (Å²) in [5.74, 6) is 1.13. The number of imidazole rings is 1. The van der Waals surface area contributed by atoms with E-state index in [1.807, 2.05) is 18.2 Å². The third-order valence-electron chi connectivity index (χ3n) is 5.15. The van der Waals surface area contributed by atoms with Crippen LogP contribution in [0.5, 0.6) is 0 Å². The highest BCUT2D eigenvalue weighted by atomic mass is 16.5. The van der Waals surface area contributed by atoms with E-state index in [9.17, 15) is 4.79 Å². The first-order chi connectivity index (χ1) is 12.2. The van der Waals surface area contributed by atoms with Crippen LogP contribution in [0.4, 0.5) is 0 Å². The number of rotatable bonds is 7. The maximum absolute atomic E-state index is 12.8. The van der Waals surface area contributed by atoms with Gasteiger partial charge in [-0.3, -0.25) is 4.79 Å². The van der Waals surface area contributed by atoms with Crippen molar-refractivity contribution in [3.63, 3.8) is 0 Å². The zero-order chi connectivity index (χ0) is 17.7. The maximum Gasteiger partial charge on any atom is 0.228 e. The summed E-state index contributed by atoms with van der Waals surface area (Å²) in [6, 6.07) is 8.17. The summed E-state index contributed by atoms with van der Waals surface area (Å²) >= 11 is 0. The van der Waals surface area contributed by atoms with Crippen molar-refractivity contribution in [1.82, 2.24) is 20.2 Å². The minimum Gasteiger partial charge on any atom is -0.384 e. The average Bonchev–Trinajstić information content (AvgIpc) is 3.00. The van der Waals surface area contributed by atoms with Gasteiger partial charge in [-0.05, 0) is 45.0 Å². The number of amides is 1. The van der Waals surface area contributed by atoms with Crippen molar-refractivity contribution in [2.45, 2.75) is 32.7 Å². The molecule has 0 aliphatic carbocycles. The molecule has 0 bridgehead atoms. The summed E-state index contributed by atoms with van der Waals surface area (Å²) in [6.07, 6.45) is 2.37. The van der Waals surface area contributed by atoms with Gasteiger partial charge in [0.1, 0.15) is 5.82 Å². The Bertz CT molecular complexity index is 714. The van der Waals surface area contributed by atoms with E-state index in [4.69, 9.17) is 9.72 Å². The standard InChI is InChI=1S/C19H28N4O2/c1-3-23-16-7-5-4-6-15(16)22-17(23)8-11-21-18(24)19(14-25-2)9-12-20-13-10-19/h4-7,20H,3,8-14H2,1-2H3,(H,21,24). The van der Waals surface area contributed by atoms with Gasteiger partial charge in [0.2, 0.25) is 5.91 Å². The molecule has 1 aromatic carbocycles. The molecule has 1 aliphatic rings. The van der Waals surface area contributed by atoms with Crippen molar-refractivity contribution in [3.05, 3.63) is 30.1 Å². The van der Waals surface area contributed by atoms with Gasteiger partial charge >= 0.3 is 0 Å². The van der Waals surface area contributed by atoms with Crippen molar-refractivity contribution in [3.8, 4) is 0 Å². The van der Waals surface area contributed by atoms with Crippen LogP contribution in [0, 0.1) is 5.41 Å². The second-order valence-corrected chi connectivity index (χ2v) is 6.73. The molecule has 1 fully saturated rings. The molecule has 2 aromatic rings. The fourth-order valence-corrected chi connectivity index (χ4v) is 3.76. The largest absolute Gasteiger partial charge is 0.384 e. The van der Waals surface area contributed by atoms with E-state index in [1.165, 1.54) is 0 Å². The van der Waals surface area contributed by atoms with Gasteiger partial charge in [-0.15, -0.1) is 0 Å². The van der Waals surface area contributed by atoms with Gasteiger partial charge in [-0.2, -0.15) is 0 Å². The van der Waals surface area contributed by atoms with Crippen LogP contribution in [0.25, 0.3) is 11.0 Å². The molecule has 1 aromatic heterocycles. The summed E-state index contributed by atoms with van der Waals surface area (Å²) in [6.45, 7) is 5.81. The minimum absolute atomic E-state index is 0.106. The molecular weight excluding hydrogens is 316 g/mol. The first kappa shape index (κ1) is 17.9. The normalized spacial score (nSPS) is 16.9. The summed E-state index contributed by atoms with van der Waals surface area (Å²) in [5.41, 5.74) is 1.77. The SMILES string of the molecule is CCn1c(CCNC(=O)C2(COC)CCNCC2)nc2ccccc21. The van der Waals surface area contributed by atoms with Crippen LogP contribution in [0.3, 0.4) is 0 Å². The summed E-state index contributed by atoms with van der Waals surface area (Å²) < 4.78 is 7.56. The van der Waals surface area contributed by atoms with Gasteiger partial charge in [-0.1, -0.05) is 12.1 Å². The Morgan fingerprint density at radius 1 is 1.36 bits per heavy atom. The molecule has 136 valence electrons. The Balaban J connectivity index is 1.65. The lowest BCUT2D eigenvalue weighted by Gasteiger charge is -2.35. The van der Waals surface area contributed by atoms with Gasteiger partial charge < -0.3 is 19.9 Å². The first-order valence-electron chi connectivity index (χ1n) is 9.12. The number of carbonyl (C=O) groups excluding carboxylic acids is 1. The minimum atomic E-state index is -0.398. The van der Waals surface area contributed by atoms with Crippen molar-refractivity contribution in [2.24, 2.45) is 5.41 Å². The molecule has 0 radical (unpaired) electrons. The summed E-state index contributed by atoms with van der Waals surface area (Å²) in [5, 5.41) is 6.44. The number of nitrogens with zero attached hydrogens (tertiary/aromatic N) is 2. The van der Waals surface area contributed by atoms with Gasteiger partial charge in [0, 0.05) is 26.6 Å². The van der Waals surface area contributed by atoms with Crippen LogP contribution in [0.2, 0.25) is 0 Å². The number of nitrogens with one attached hydrogen (secondary N) is 2. The Morgan fingerprint density at radius 2 is 2.12 bits per heavy atom. The Labute approximate surface area is 149 Å². The predicted molar refractivity (Wildman–Crippen MR) is 98.5 cm³/mol. The fraction of sp³-hybridized carbons (Fsp3) is 0.579. The zero-order valence-electron chi connectivity index (χ0n) is 15.2. The lowest BCUT2D eigenvalue weighted by Crippen LogP contribution is -2.50. The molecule has 1 amide bonds. The lowest BCUT2D eigenvalue weighted by atomic mass is 9.78. The van der Waals surface area contributed by atoms with E-state index < -0.39 is 5.41 Å². The van der Waals surface area contributed by atoms with Crippen molar-refractivity contribution >= 4 is 16.9 Å². The molecule has 6 nitrogen and oxygen atoms in total. The highest BCUT2D eigenvalue weighted by Crippen LogP contribution is 2.29. The molecule has 3 rings (SSSR count). The van der Waals surface area contributed by atoms with Crippen LogP contribution in [0.1, 0.15) is 25.6 Å². The molecule has 25 heavy (non-hydrogen) atoms. The van der Waals surface area contributed by atoms with Gasteiger partial charge in [0.25, 0.3) is 0 Å². The Kier molecular flexibility index (Phi) is 5.71. The van der Waals surface area contributed by atoms with Gasteiger partial charge in [-0.25, -0.2) is 4.98 Å². The van der Waals surface area contributed by atoms with E-state index in [1.54, 1.807) is 7.11 Å². The number of fused-ring (bicyclic) bond motifs is 1. The highest BCUT2D eigenvalue weighted by molar-refractivity contribution is 5.83. The van der Waals surface area contributed by atoms with Crippen LogP contribution in [-0.2, 0) is 22.5 Å². The third kappa shape index (κ3) is 3.70. The second-order valence-electron chi connectivity index (χ2n) is 6.73. The quantitative estimate of drug-likeness (QED) is 0.803. The van der Waals surface area contributed by atoms with Gasteiger partial charge in [0.15, 0.2) is 0 Å². The predicted octanol–water partition coefficient (Wildman–Crippen LogP) is 1.73. The smallest absolute Gasteiger partial charge is 0.228 e. The summed E-state index contributed by atoms with van der Waals surface area (Å²) in [4.78, 5) is 17.5. The van der Waals surface area contributed by atoms with Crippen molar-refractivity contribution < 1.29 is 9.53 Å². The molecule has 2 heterocycles. The molecule has 0 saturated carbocycles. The van der Waals surface area contributed by atoms with Crippen molar-refractivity contribution in [2.75, 3.05) is 33.4 Å². The number of ether oxygens (including phenoxy) is 1. The number of methoxy groups -OCH3 is 1. The number of piperidine rings is 1. The van der Waals surface area contributed by atoms with E-state index in [2.05, 4.69) is 28.2 Å². The zero-order valence-corrected chi connectivity index (χ0v) is 15.2. The number of carbonyl (C=O) groups is 1. The molecule has 0 spiro atoms. The number of aromatic nitrogens is 2. The summed E-state index contributed by atoms with van der Waals surface area (Å²) in [7, 11) is 1.67. The Morgan fingerprint density at radius 3 is 2.84 bits per heavy atom. The molecule has 6 heteroatoms. The molecule has 2 N–H and O–H groups in total. The number of hydrogen-bond acceptors (Lipinski definition) is 4. The van der Waals surface area contributed by atoms with Crippen molar-refractivity contribution in [1.29, 1.82) is 0 Å². The maximum atomic E-state index is 12.8. The van der Waals surface area contributed by atoms with Crippen LogP contribution >= 0.6 is 0 Å². The van der Waals surface area contributed by atoms with E-state index in [-0.39, 0.29) is 5.91 Å². The Hall–Kier alpha value is -1.92. The third-order valence-corrected chi connectivity index (χ3v) is 5.15. The number of para-hydroxylation sites is 2. The lowest BCUT2D eigenvalue weighted by molar-refractivity contribution is -0.136.